The topological polar surface area (TPSA) is 47.3 Å². The van der Waals surface area contributed by atoms with Crippen LogP contribution in [0.15, 0.2) is 18.2 Å². The molecule has 106 valence electrons. The van der Waals surface area contributed by atoms with Crippen molar-refractivity contribution < 1.29 is 4.74 Å². The van der Waals surface area contributed by atoms with E-state index >= 15 is 0 Å². The van der Waals surface area contributed by atoms with Crippen LogP contribution in [0.3, 0.4) is 0 Å². The Balaban J connectivity index is 1.94. The Labute approximate surface area is 116 Å². The fourth-order valence-corrected chi connectivity index (χ4v) is 2.86. The van der Waals surface area contributed by atoms with E-state index in [1.165, 1.54) is 32.1 Å². The van der Waals surface area contributed by atoms with Gasteiger partial charge in [0.25, 0.3) is 0 Å². The van der Waals surface area contributed by atoms with E-state index in [9.17, 15) is 0 Å². The smallest absolute Gasteiger partial charge is 0.144 e. The molecule has 1 aliphatic rings. The molecule has 2 rings (SSSR count). The third kappa shape index (κ3) is 3.79. The summed E-state index contributed by atoms with van der Waals surface area (Å²) in [5.74, 6) is 1.72. The normalized spacial score (nSPS) is 23.1. The zero-order chi connectivity index (χ0) is 13.7. The number of rotatable bonds is 5. The van der Waals surface area contributed by atoms with Crippen LogP contribution >= 0.6 is 0 Å². The molecule has 1 aromatic rings. The summed E-state index contributed by atoms with van der Waals surface area (Å²) in [5, 5.41) is 3.62. The number of hydrogen-bond acceptors (Lipinski definition) is 3. The largest absolute Gasteiger partial charge is 0.492 e. The number of nitrogens with one attached hydrogen (secondary N) is 1. The van der Waals surface area contributed by atoms with Gasteiger partial charge in [-0.15, -0.1) is 0 Å². The molecule has 0 atom stereocenters. The third-order valence-electron chi connectivity index (χ3n) is 4.11. The van der Waals surface area contributed by atoms with Crippen LogP contribution in [0.2, 0.25) is 0 Å². The van der Waals surface area contributed by atoms with Crippen LogP contribution in [0.25, 0.3) is 0 Å². The fourth-order valence-electron chi connectivity index (χ4n) is 2.86. The molecule has 0 aromatic heterocycles. The van der Waals surface area contributed by atoms with Gasteiger partial charge in [-0.3, -0.25) is 0 Å². The summed E-state index contributed by atoms with van der Waals surface area (Å²) in [6.07, 6.45) is 6.56. The summed E-state index contributed by atoms with van der Waals surface area (Å²) in [7, 11) is 0. The van der Waals surface area contributed by atoms with E-state index in [0.29, 0.717) is 18.3 Å². The van der Waals surface area contributed by atoms with Gasteiger partial charge in [0.05, 0.1) is 12.3 Å². The summed E-state index contributed by atoms with van der Waals surface area (Å²) < 4.78 is 5.54. The molecule has 0 heterocycles. The van der Waals surface area contributed by atoms with Crippen LogP contribution in [0.5, 0.6) is 5.75 Å². The molecule has 0 unspecified atom stereocenters. The minimum atomic E-state index is 0.598. The predicted octanol–water partition coefficient (Wildman–Crippen LogP) is 4.05. The lowest BCUT2D eigenvalue weighted by Gasteiger charge is -2.29. The summed E-state index contributed by atoms with van der Waals surface area (Å²) in [6, 6.07) is 6.58. The van der Waals surface area contributed by atoms with E-state index in [0.717, 1.165) is 17.4 Å². The number of anilines is 2. The van der Waals surface area contributed by atoms with E-state index in [2.05, 4.69) is 12.2 Å². The van der Waals surface area contributed by atoms with E-state index < -0.39 is 0 Å². The lowest BCUT2D eigenvalue weighted by molar-refractivity contribution is 0.329. The summed E-state index contributed by atoms with van der Waals surface area (Å²) in [5.41, 5.74) is 7.73. The highest BCUT2D eigenvalue weighted by atomic mass is 16.5. The molecule has 0 aliphatic heterocycles. The van der Waals surface area contributed by atoms with Crippen molar-refractivity contribution in [2.75, 3.05) is 17.7 Å². The Morgan fingerprint density at radius 2 is 1.95 bits per heavy atom. The zero-order valence-corrected chi connectivity index (χ0v) is 12.1. The summed E-state index contributed by atoms with van der Waals surface area (Å²) in [6.45, 7) is 4.92. The van der Waals surface area contributed by atoms with Crippen molar-refractivity contribution in [2.24, 2.45) is 5.92 Å². The number of benzene rings is 1. The van der Waals surface area contributed by atoms with Crippen molar-refractivity contribution in [3.05, 3.63) is 18.2 Å². The molecule has 19 heavy (non-hydrogen) atoms. The van der Waals surface area contributed by atoms with Crippen LogP contribution in [0, 0.1) is 5.92 Å². The van der Waals surface area contributed by atoms with Gasteiger partial charge in [0, 0.05) is 17.8 Å². The third-order valence-corrected chi connectivity index (χ3v) is 4.11. The molecule has 1 fully saturated rings. The quantitative estimate of drug-likeness (QED) is 0.787. The van der Waals surface area contributed by atoms with Gasteiger partial charge in [-0.2, -0.15) is 0 Å². The van der Waals surface area contributed by atoms with Gasteiger partial charge < -0.3 is 15.8 Å². The second kappa shape index (κ2) is 6.69. The molecule has 3 N–H and O–H groups in total. The molecule has 0 radical (unpaired) electrons. The Hall–Kier alpha value is -1.38. The molecule has 1 aromatic carbocycles. The van der Waals surface area contributed by atoms with Crippen LogP contribution in [0.1, 0.15) is 46.0 Å². The number of ether oxygens (including phenoxy) is 1. The lowest BCUT2D eigenvalue weighted by atomic mass is 9.84. The molecule has 3 heteroatoms. The van der Waals surface area contributed by atoms with Gasteiger partial charge in [-0.05, 0) is 50.7 Å². The summed E-state index contributed by atoms with van der Waals surface area (Å²) in [4.78, 5) is 0. The van der Waals surface area contributed by atoms with Crippen LogP contribution in [-0.2, 0) is 0 Å². The average molecular weight is 262 g/mol. The molecule has 3 nitrogen and oxygen atoms in total. The van der Waals surface area contributed by atoms with Gasteiger partial charge in [-0.25, -0.2) is 0 Å². The molecular formula is C16H26N2O. The monoisotopic (exact) mass is 262 g/mol. The predicted molar refractivity (Wildman–Crippen MR) is 81.7 cm³/mol. The molecule has 0 bridgehead atoms. The van der Waals surface area contributed by atoms with Crippen molar-refractivity contribution in [1.82, 2.24) is 0 Å². The van der Waals surface area contributed by atoms with Crippen molar-refractivity contribution in [1.29, 1.82) is 0 Å². The first-order valence-corrected chi connectivity index (χ1v) is 7.51. The maximum Gasteiger partial charge on any atom is 0.144 e. The molecule has 0 spiro atoms. The van der Waals surface area contributed by atoms with Crippen LogP contribution in [0.4, 0.5) is 11.4 Å². The SMILES string of the molecule is CCOc1cc(NC2CCC(CC)CC2)ccc1N. The molecule has 0 saturated heterocycles. The highest BCUT2D eigenvalue weighted by Gasteiger charge is 2.19. The van der Waals surface area contributed by atoms with Gasteiger partial charge in [0.15, 0.2) is 0 Å². The first kappa shape index (κ1) is 14.0. The van der Waals surface area contributed by atoms with E-state index in [4.69, 9.17) is 10.5 Å². The Morgan fingerprint density at radius 3 is 2.58 bits per heavy atom. The van der Waals surface area contributed by atoms with Crippen LogP contribution < -0.4 is 15.8 Å². The van der Waals surface area contributed by atoms with E-state index in [1.54, 1.807) is 0 Å². The first-order chi connectivity index (χ1) is 9.22. The maximum atomic E-state index is 5.89. The van der Waals surface area contributed by atoms with Gasteiger partial charge in [-0.1, -0.05) is 13.3 Å². The fraction of sp³-hybridized carbons (Fsp3) is 0.625. The van der Waals surface area contributed by atoms with Crippen molar-refractivity contribution in [2.45, 2.75) is 52.0 Å². The number of nitrogens with two attached hydrogens (primary N) is 1. The zero-order valence-electron chi connectivity index (χ0n) is 12.1. The van der Waals surface area contributed by atoms with Crippen LogP contribution in [-0.4, -0.2) is 12.6 Å². The maximum absolute atomic E-state index is 5.89. The minimum Gasteiger partial charge on any atom is -0.492 e. The first-order valence-electron chi connectivity index (χ1n) is 7.51. The molecule has 0 amide bonds. The van der Waals surface area contributed by atoms with Gasteiger partial charge in [0.1, 0.15) is 5.75 Å². The summed E-state index contributed by atoms with van der Waals surface area (Å²) >= 11 is 0. The number of nitrogen functional groups attached to an aromatic ring is 1. The number of hydrogen-bond donors (Lipinski definition) is 2. The molecule has 1 saturated carbocycles. The Morgan fingerprint density at radius 1 is 1.21 bits per heavy atom. The van der Waals surface area contributed by atoms with Gasteiger partial charge in [0.2, 0.25) is 0 Å². The highest BCUT2D eigenvalue weighted by molar-refractivity contribution is 5.61. The van der Waals surface area contributed by atoms with E-state index in [1.807, 2.05) is 25.1 Å². The van der Waals surface area contributed by atoms with Crippen molar-refractivity contribution in [3.63, 3.8) is 0 Å². The molecular weight excluding hydrogens is 236 g/mol. The van der Waals surface area contributed by atoms with Crippen molar-refractivity contribution in [3.8, 4) is 5.75 Å². The van der Waals surface area contributed by atoms with Gasteiger partial charge >= 0.3 is 0 Å². The minimum absolute atomic E-state index is 0.598. The van der Waals surface area contributed by atoms with Crippen molar-refractivity contribution >= 4 is 11.4 Å². The second-order valence-electron chi connectivity index (χ2n) is 5.46. The molecule has 1 aliphatic carbocycles. The lowest BCUT2D eigenvalue weighted by Crippen LogP contribution is -2.25. The Bertz CT molecular complexity index is 398. The second-order valence-corrected chi connectivity index (χ2v) is 5.46. The highest BCUT2D eigenvalue weighted by Crippen LogP contribution is 2.30. The Kier molecular flexibility index (Phi) is 4.94. The van der Waals surface area contributed by atoms with E-state index in [-0.39, 0.29) is 0 Å². The average Bonchev–Trinajstić information content (AvgIpc) is 2.44. The standard InChI is InChI=1S/C16H26N2O/c1-3-12-5-7-13(8-6-12)18-14-9-10-15(17)16(11-14)19-4-2/h9-13,18H,3-8,17H2,1-2H3.